The molecule has 0 fully saturated rings. The molecule has 0 saturated carbocycles. The maximum atomic E-state index is 4.40. The second kappa shape index (κ2) is 3.89. The van der Waals surface area contributed by atoms with E-state index in [9.17, 15) is 0 Å². The smallest absolute Gasteiger partial charge is 0.0923 e. The molecular formula is C13H16N2. The second-order valence-electron chi connectivity index (χ2n) is 4.15. The van der Waals surface area contributed by atoms with Crippen LogP contribution in [0, 0.1) is 0 Å². The van der Waals surface area contributed by atoms with Gasteiger partial charge in [0.1, 0.15) is 0 Å². The molecule has 0 aliphatic carbocycles. The van der Waals surface area contributed by atoms with E-state index in [1.54, 1.807) is 0 Å². The minimum absolute atomic E-state index is 0.564. The number of benzene rings is 1. The molecule has 1 aromatic heterocycles. The Morgan fingerprint density at radius 1 is 1.20 bits per heavy atom. The SMILES string of the molecule is CC(C)c1cccc(-c2ccn(C)n2)c1. The van der Waals surface area contributed by atoms with Crippen LogP contribution in [0.3, 0.4) is 0 Å². The van der Waals surface area contributed by atoms with Crippen LogP contribution in [-0.2, 0) is 7.05 Å². The molecule has 0 amide bonds. The zero-order valence-electron chi connectivity index (χ0n) is 9.44. The summed E-state index contributed by atoms with van der Waals surface area (Å²) in [5, 5.41) is 4.40. The second-order valence-corrected chi connectivity index (χ2v) is 4.15. The van der Waals surface area contributed by atoms with Gasteiger partial charge >= 0.3 is 0 Å². The Labute approximate surface area is 90.6 Å². The van der Waals surface area contributed by atoms with E-state index in [1.807, 2.05) is 24.0 Å². The van der Waals surface area contributed by atoms with Gasteiger partial charge in [0, 0.05) is 18.8 Å². The molecule has 78 valence electrons. The van der Waals surface area contributed by atoms with Gasteiger partial charge in [0.15, 0.2) is 0 Å². The predicted octanol–water partition coefficient (Wildman–Crippen LogP) is 3.21. The van der Waals surface area contributed by atoms with E-state index in [4.69, 9.17) is 0 Å². The molecular weight excluding hydrogens is 184 g/mol. The molecule has 0 saturated heterocycles. The number of hydrogen-bond acceptors (Lipinski definition) is 1. The fourth-order valence-electron chi connectivity index (χ4n) is 1.63. The van der Waals surface area contributed by atoms with Gasteiger partial charge in [-0.2, -0.15) is 5.10 Å². The van der Waals surface area contributed by atoms with Crippen molar-refractivity contribution in [3.8, 4) is 11.3 Å². The average Bonchev–Trinajstić information content (AvgIpc) is 2.65. The van der Waals surface area contributed by atoms with E-state index in [-0.39, 0.29) is 0 Å². The highest BCUT2D eigenvalue weighted by Crippen LogP contribution is 2.22. The summed E-state index contributed by atoms with van der Waals surface area (Å²) in [5.74, 6) is 0.564. The Morgan fingerprint density at radius 3 is 2.60 bits per heavy atom. The van der Waals surface area contributed by atoms with Crippen molar-refractivity contribution >= 4 is 0 Å². The summed E-state index contributed by atoms with van der Waals surface area (Å²) in [5.41, 5.74) is 3.60. The van der Waals surface area contributed by atoms with E-state index in [0.717, 1.165) is 5.69 Å². The number of aromatic nitrogens is 2. The summed E-state index contributed by atoms with van der Waals surface area (Å²) in [6.07, 6.45) is 1.97. The Bertz CT molecular complexity index is 455. The lowest BCUT2D eigenvalue weighted by Gasteiger charge is -2.06. The van der Waals surface area contributed by atoms with E-state index < -0.39 is 0 Å². The lowest BCUT2D eigenvalue weighted by molar-refractivity contribution is 0.770. The zero-order chi connectivity index (χ0) is 10.8. The van der Waals surface area contributed by atoms with Crippen LogP contribution >= 0.6 is 0 Å². The number of aryl methyl sites for hydroxylation is 1. The Kier molecular flexibility index (Phi) is 2.58. The minimum atomic E-state index is 0.564. The van der Waals surface area contributed by atoms with Crippen LogP contribution in [0.25, 0.3) is 11.3 Å². The van der Waals surface area contributed by atoms with Gasteiger partial charge in [-0.3, -0.25) is 4.68 Å². The molecule has 0 unspecified atom stereocenters. The highest BCUT2D eigenvalue weighted by molar-refractivity contribution is 5.59. The van der Waals surface area contributed by atoms with Gasteiger partial charge in [-0.05, 0) is 23.6 Å². The summed E-state index contributed by atoms with van der Waals surface area (Å²) in [4.78, 5) is 0. The maximum Gasteiger partial charge on any atom is 0.0923 e. The first-order valence-electron chi connectivity index (χ1n) is 5.27. The molecule has 2 aromatic rings. The van der Waals surface area contributed by atoms with Gasteiger partial charge in [0.25, 0.3) is 0 Å². The summed E-state index contributed by atoms with van der Waals surface area (Å²) >= 11 is 0. The minimum Gasteiger partial charge on any atom is -0.275 e. The first-order chi connectivity index (χ1) is 7.16. The molecule has 0 aliphatic rings. The van der Waals surface area contributed by atoms with Crippen LogP contribution in [0.1, 0.15) is 25.3 Å². The molecule has 0 aliphatic heterocycles. The molecule has 0 N–H and O–H groups in total. The van der Waals surface area contributed by atoms with Gasteiger partial charge < -0.3 is 0 Å². The van der Waals surface area contributed by atoms with Gasteiger partial charge in [0.05, 0.1) is 5.69 Å². The molecule has 2 heteroatoms. The quantitative estimate of drug-likeness (QED) is 0.727. The van der Waals surface area contributed by atoms with Crippen molar-refractivity contribution in [1.29, 1.82) is 0 Å². The van der Waals surface area contributed by atoms with E-state index >= 15 is 0 Å². The van der Waals surface area contributed by atoms with E-state index in [1.165, 1.54) is 11.1 Å². The molecule has 0 atom stereocenters. The third kappa shape index (κ3) is 2.09. The largest absolute Gasteiger partial charge is 0.275 e. The molecule has 0 spiro atoms. The predicted molar refractivity (Wildman–Crippen MR) is 62.7 cm³/mol. The molecule has 1 aromatic carbocycles. The van der Waals surface area contributed by atoms with Crippen molar-refractivity contribution in [3.63, 3.8) is 0 Å². The fourth-order valence-corrected chi connectivity index (χ4v) is 1.63. The first kappa shape index (κ1) is 9.97. The summed E-state index contributed by atoms with van der Waals surface area (Å²) in [6.45, 7) is 4.41. The number of rotatable bonds is 2. The van der Waals surface area contributed by atoms with E-state index in [0.29, 0.717) is 5.92 Å². The first-order valence-corrected chi connectivity index (χ1v) is 5.27. The van der Waals surface area contributed by atoms with Crippen molar-refractivity contribution < 1.29 is 0 Å². The Hall–Kier alpha value is -1.57. The van der Waals surface area contributed by atoms with Crippen LogP contribution in [-0.4, -0.2) is 9.78 Å². The van der Waals surface area contributed by atoms with Crippen molar-refractivity contribution in [1.82, 2.24) is 9.78 Å². The van der Waals surface area contributed by atoms with Crippen LogP contribution in [0.5, 0.6) is 0 Å². The highest BCUT2D eigenvalue weighted by Gasteiger charge is 2.03. The summed E-state index contributed by atoms with van der Waals surface area (Å²) in [6, 6.07) is 10.6. The van der Waals surface area contributed by atoms with Crippen molar-refractivity contribution in [3.05, 3.63) is 42.1 Å². The molecule has 1 heterocycles. The van der Waals surface area contributed by atoms with Crippen molar-refractivity contribution in [2.75, 3.05) is 0 Å². The molecule has 0 radical (unpaired) electrons. The third-order valence-corrected chi connectivity index (χ3v) is 2.56. The van der Waals surface area contributed by atoms with Crippen LogP contribution in [0.4, 0.5) is 0 Å². The van der Waals surface area contributed by atoms with Crippen LogP contribution in [0.2, 0.25) is 0 Å². The molecule has 2 nitrogen and oxygen atoms in total. The molecule has 0 bridgehead atoms. The zero-order valence-corrected chi connectivity index (χ0v) is 9.44. The fraction of sp³-hybridized carbons (Fsp3) is 0.308. The number of hydrogen-bond donors (Lipinski definition) is 0. The summed E-state index contributed by atoms with van der Waals surface area (Å²) < 4.78 is 1.83. The normalized spacial score (nSPS) is 10.9. The lowest BCUT2D eigenvalue weighted by atomic mass is 10.00. The Balaban J connectivity index is 2.41. The topological polar surface area (TPSA) is 17.8 Å². The van der Waals surface area contributed by atoms with Crippen LogP contribution < -0.4 is 0 Å². The average molecular weight is 200 g/mol. The monoisotopic (exact) mass is 200 g/mol. The highest BCUT2D eigenvalue weighted by atomic mass is 15.2. The third-order valence-electron chi connectivity index (χ3n) is 2.56. The maximum absolute atomic E-state index is 4.40. The van der Waals surface area contributed by atoms with Gasteiger partial charge in [-0.15, -0.1) is 0 Å². The van der Waals surface area contributed by atoms with Crippen molar-refractivity contribution in [2.24, 2.45) is 7.05 Å². The van der Waals surface area contributed by atoms with E-state index in [2.05, 4.69) is 43.2 Å². The van der Waals surface area contributed by atoms with Crippen LogP contribution in [0.15, 0.2) is 36.5 Å². The Morgan fingerprint density at radius 2 is 2.00 bits per heavy atom. The standard InChI is InChI=1S/C13H16N2/c1-10(2)11-5-4-6-12(9-11)13-7-8-15(3)14-13/h4-10H,1-3H3. The molecule has 15 heavy (non-hydrogen) atoms. The van der Waals surface area contributed by atoms with Crippen molar-refractivity contribution in [2.45, 2.75) is 19.8 Å². The lowest BCUT2D eigenvalue weighted by Crippen LogP contribution is -1.90. The summed E-state index contributed by atoms with van der Waals surface area (Å²) in [7, 11) is 1.94. The van der Waals surface area contributed by atoms with Gasteiger partial charge in [0.2, 0.25) is 0 Å². The van der Waals surface area contributed by atoms with Gasteiger partial charge in [-0.1, -0.05) is 32.0 Å². The molecule has 2 rings (SSSR count). The van der Waals surface area contributed by atoms with Gasteiger partial charge in [-0.25, -0.2) is 0 Å². The number of nitrogens with zero attached hydrogens (tertiary/aromatic N) is 2.